The van der Waals surface area contributed by atoms with E-state index < -0.39 is 0 Å². The molecule has 24 heavy (non-hydrogen) atoms. The van der Waals surface area contributed by atoms with Crippen LogP contribution >= 0.6 is 11.8 Å². The number of esters is 1. The van der Waals surface area contributed by atoms with E-state index in [2.05, 4.69) is 0 Å². The zero-order valence-electron chi connectivity index (χ0n) is 13.5. The number of benzene rings is 2. The molecule has 5 heteroatoms. The summed E-state index contributed by atoms with van der Waals surface area (Å²) in [6.07, 6.45) is 0.833. The van der Waals surface area contributed by atoms with Gasteiger partial charge in [-0.1, -0.05) is 36.4 Å². The second-order valence-corrected chi connectivity index (χ2v) is 6.76. The van der Waals surface area contributed by atoms with E-state index in [-0.39, 0.29) is 30.3 Å². The Hall–Kier alpha value is -2.27. The van der Waals surface area contributed by atoms with Gasteiger partial charge in [0, 0.05) is 16.6 Å². The van der Waals surface area contributed by atoms with Gasteiger partial charge in [0.15, 0.2) is 6.61 Å². The van der Waals surface area contributed by atoms with Crippen molar-refractivity contribution in [1.82, 2.24) is 0 Å². The summed E-state index contributed by atoms with van der Waals surface area (Å²) in [7, 11) is 0. The van der Waals surface area contributed by atoms with Crippen molar-refractivity contribution in [3.63, 3.8) is 0 Å². The molecule has 1 amide bonds. The van der Waals surface area contributed by atoms with Crippen molar-refractivity contribution in [3.8, 4) is 0 Å². The number of carbonyl (C=O) groups is 2. The smallest absolute Gasteiger partial charge is 0.316 e. The number of para-hydroxylation sites is 1. The highest BCUT2D eigenvalue weighted by molar-refractivity contribution is 8.00. The number of ether oxygens (including phenoxy) is 1. The lowest BCUT2D eigenvalue weighted by Crippen LogP contribution is -2.38. The van der Waals surface area contributed by atoms with Gasteiger partial charge in [0.2, 0.25) is 0 Å². The van der Waals surface area contributed by atoms with Gasteiger partial charge >= 0.3 is 5.97 Å². The minimum absolute atomic E-state index is 0.0901. The number of hydrogen-bond acceptors (Lipinski definition) is 4. The summed E-state index contributed by atoms with van der Waals surface area (Å²) >= 11 is 1.40. The number of carbonyl (C=O) groups excluding carboxylic acids is 2. The van der Waals surface area contributed by atoms with E-state index in [1.165, 1.54) is 11.8 Å². The molecule has 0 aliphatic carbocycles. The van der Waals surface area contributed by atoms with Crippen LogP contribution in [0.5, 0.6) is 0 Å². The fourth-order valence-electron chi connectivity index (χ4n) is 2.86. The molecule has 1 aliphatic rings. The molecular formula is C19H19NO3S. The third-order valence-corrected chi connectivity index (χ3v) is 4.92. The maximum atomic E-state index is 12.4. The van der Waals surface area contributed by atoms with Crippen LogP contribution in [-0.2, 0) is 20.7 Å². The van der Waals surface area contributed by atoms with Crippen LogP contribution in [0.1, 0.15) is 12.5 Å². The SMILES string of the molecule is C[C@H]1Cc2ccccc2N1C(=O)COC(=O)CSc1ccccc1. The van der Waals surface area contributed by atoms with Gasteiger partial charge in [-0.3, -0.25) is 9.59 Å². The fraction of sp³-hybridized carbons (Fsp3) is 0.263. The normalized spacial score (nSPS) is 15.9. The van der Waals surface area contributed by atoms with E-state index in [1.807, 2.05) is 61.5 Å². The summed E-state index contributed by atoms with van der Waals surface area (Å²) in [6.45, 7) is 1.79. The average Bonchev–Trinajstić information content (AvgIpc) is 2.94. The van der Waals surface area contributed by atoms with Gasteiger partial charge in [0.1, 0.15) is 0 Å². The summed E-state index contributed by atoms with van der Waals surface area (Å²) in [5.74, 6) is -0.355. The van der Waals surface area contributed by atoms with Gasteiger partial charge in [-0.05, 0) is 37.1 Å². The molecule has 0 bridgehead atoms. The van der Waals surface area contributed by atoms with Gasteiger partial charge in [-0.2, -0.15) is 0 Å². The highest BCUT2D eigenvalue weighted by Gasteiger charge is 2.30. The van der Waals surface area contributed by atoms with Crippen molar-refractivity contribution < 1.29 is 14.3 Å². The minimum atomic E-state index is -0.377. The number of anilines is 1. The van der Waals surface area contributed by atoms with Crippen molar-refractivity contribution in [2.24, 2.45) is 0 Å². The van der Waals surface area contributed by atoms with Crippen LogP contribution in [0.4, 0.5) is 5.69 Å². The molecule has 0 saturated heterocycles. The summed E-state index contributed by atoms with van der Waals surface area (Å²) in [5.41, 5.74) is 2.08. The quantitative estimate of drug-likeness (QED) is 0.618. The van der Waals surface area contributed by atoms with Crippen molar-refractivity contribution in [2.45, 2.75) is 24.3 Å². The molecule has 0 N–H and O–H groups in total. The first-order valence-electron chi connectivity index (χ1n) is 7.88. The molecule has 0 aromatic heterocycles. The van der Waals surface area contributed by atoms with Crippen molar-refractivity contribution in [3.05, 3.63) is 60.2 Å². The van der Waals surface area contributed by atoms with Crippen LogP contribution in [0.3, 0.4) is 0 Å². The molecule has 0 saturated carbocycles. The van der Waals surface area contributed by atoms with E-state index in [1.54, 1.807) is 4.90 Å². The fourth-order valence-corrected chi connectivity index (χ4v) is 3.58. The predicted molar refractivity (Wildman–Crippen MR) is 95.2 cm³/mol. The zero-order valence-corrected chi connectivity index (χ0v) is 14.3. The predicted octanol–water partition coefficient (Wildman–Crippen LogP) is 3.30. The maximum Gasteiger partial charge on any atom is 0.316 e. The van der Waals surface area contributed by atoms with Crippen LogP contribution in [0.2, 0.25) is 0 Å². The number of amides is 1. The molecule has 4 nitrogen and oxygen atoms in total. The number of thioether (sulfide) groups is 1. The molecule has 1 aliphatic heterocycles. The summed E-state index contributed by atoms with van der Waals surface area (Å²) in [4.78, 5) is 27.0. The number of hydrogen-bond donors (Lipinski definition) is 0. The molecule has 0 spiro atoms. The number of rotatable bonds is 5. The van der Waals surface area contributed by atoms with Crippen molar-refractivity contribution >= 4 is 29.3 Å². The second-order valence-electron chi connectivity index (χ2n) is 5.71. The monoisotopic (exact) mass is 341 g/mol. The van der Waals surface area contributed by atoms with E-state index in [0.29, 0.717) is 0 Å². The third kappa shape index (κ3) is 3.79. The lowest BCUT2D eigenvalue weighted by atomic mass is 10.1. The highest BCUT2D eigenvalue weighted by Crippen LogP contribution is 2.31. The average molecular weight is 341 g/mol. The molecule has 0 fully saturated rings. The van der Waals surface area contributed by atoms with Crippen molar-refractivity contribution in [1.29, 1.82) is 0 Å². The van der Waals surface area contributed by atoms with Gasteiger partial charge in [0.05, 0.1) is 5.75 Å². The molecule has 1 heterocycles. The Morgan fingerprint density at radius 2 is 1.83 bits per heavy atom. The Labute approximate surface area is 145 Å². The number of fused-ring (bicyclic) bond motifs is 1. The molecule has 3 rings (SSSR count). The van der Waals surface area contributed by atoms with E-state index >= 15 is 0 Å². The van der Waals surface area contributed by atoms with Crippen LogP contribution in [0, 0.1) is 0 Å². The van der Waals surface area contributed by atoms with Crippen LogP contribution in [0.25, 0.3) is 0 Å². The lowest BCUT2D eigenvalue weighted by Gasteiger charge is -2.22. The molecule has 0 unspecified atom stereocenters. The molecule has 1 atom stereocenters. The highest BCUT2D eigenvalue weighted by atomic mass is 32.2. The molecular weight excluding hydrogens is 322 g/mol. The maximum absolute atomic E-state index is 12.4. The Kier molecular flexibility index (Phi) is 5.20. The first-order chi connectivity index (χ1) is 11.6. The van der Waals surface area contributed by atoms with Crippen LogP contribution in [0.15, 0.2) is 59.5 Å². The van der Waals surface area contributed by atoms with Gasteiger partial charge in [-0.15, -0.1) is 11.8 Å². The van der Waals surface area contributed by atoms with Gasteiger partial charge in [-0.25, -0.2) is 0 Å². The molecule has 2 aromatic carbocycles. The van der Waals surface area contributed by atoms with E-state index in [9.17, 15) is 9.59 Å². The lowest BCUT2D eigenvalue weighted by molar-refractivity contribution is -0.145. The zero-order chi connectivity index (χ0) is 16.9. The Morgan fingerprint density at radius 1 is 1.12 bits per heavy atom. The standard InChI is InChI=1S/C19H19NO3S/c1-14-11-15-7-5-6-10-17(15)20(14)18(21)12-23-19(22)13-24-16-8-3-2-4-9-16/h2-10,14H,11-13H2,1H3/t14-/m0/s1. The topological polar surface area (TPSA) is 46.6 Å². The second kappa shape index (κ2) is 7.53. The Balaban J connectivity index is 1.51. The van der Waals surface area contributed by atoms with E-state index in [4.69, 9.17) is 4.74 Å². The third-order valence-electron chi connectivity index (χ3n) is 3.93. The summed E-state index contributed by atoms with van der Waals surface area (Å²) in [6, 6.07) is 17.6. The molecule has 2 aromatic rings. The number of nitrogens with zero attached hydrogens (tertiary/aromatic N) is 1. The first kappa shape index (κ1) is 16.6. The first-order valence-corrected chi connectivity index (χ1v) is 8.87. The van der Waals surface area contributed by atoms with Crippen molar-refractivity contribution in [2.75, 3.05) is 17.3 Å². The summed E-state index contributed by atoms with van der Waals surface area (Å²) in [5, 5.41) is 0. The van der Waals surface area contributed by atoms with Gasteiger partial charge < -0.3 is 9.64 Å². The summed E-state index contributed by atoms with van der Waals surface area (Å²) < 4.78 is 5.15. The minimum Gasteiger partial charge on any atom is -0.455 e. The van der Waals surface area contributed by atoms with Gasteiger partial charge in [0.25, 0.3) is 5.91 Å². The Morgan fingerprint density at radius 3 is 2.62 bits per heavy atom. The van der Waals surface area contributed by atoms with Crippen LogP contribution < -0.4 is 4.90 Å². The Bertz CT molecular complexity index is 732. The molecule has 124 valence electrons. The largest absolute Gasteiger partial charge is 0.455 e. The van der Waals surface area contributed by atoms with Crippen LogP contribution in [-0.4, -0.2) is 30.3 Å². The van der Waals surface area contributed by atoms with E-state index in [0.717, 1.165) is 22.6 Å². The molecule has 0 radical (unpaired) electrons.